The molecular formula is C9H17Br. The molecule has 0 nitrogen and oxygen atoms in total. The number of alkyl halides is 1. The van der Waals surface area contributed by atoms with Gasteiger partial charge >= 0.3 is 0 Å². The quantitative estimate of drug-likeness (QED) is 0.486. The number of allylic oxidation sites excluding steroid dienone is 2. The molecule has 0 aliphatic rings. The Hall–Kier alpha value is 0.220. The smallest absolute Gasteiger partial charge is 0.0212 e. The van der Waals surface area contributed by atoms with Crippen LogP contribution in [0.1, 0.15) is 33.6 Å². The highest BCUT2D eigenvalue weighted by Crippen LogP contribution is 2.20. The largest absolute Gasteiger partial charge is 0.0883 e. The lowest BCUT2D eigenvalue weighted by Gasteiger charge is -2.15. The Morgan fingerprint density at radius 1 is 1.20 bits per heavy atom. The number of halogens is 1. The van der Waals surface area contributed by atoms with E-state index in [1.807, 2.05) is 0 Å². The molecule has 0 N–H and O–H groups in total. The normalized spacial score (nSPS) is 12.8. The van der Waals surface area contributed by atoms with Crippen LogP contribution < -0.4 is 0 Å². The van der Waals surface area contributed by atoms with E-state index in [2.05, 4.69) is 48.9 Å². The van der Waals surface area contributed by atoms with Crippen molar-refractivity contribution in [1.29, 1.82) is 0 Å². The van der Waals surface area contributed by atoms with E-state index in [-0.39, 0.29) is 0 Å². The van der Waals surface area contributed by atoms with Gasteiger partial charge < -0.3 is 0 Å². The molecule has 0 fully saturated rings. The highest BCUT2D eigenvalue weighted by atomic mass is 79.9. The molecule has 0 aromatic rings. The first-order valence-electron chi connectivity index (χ1n) is 3.77. The van der Waals surface area contributed by atoms with Crippen LogP contribution in [-0.4, -0.2) is 5.33 Å². The molecule has 60 valence electrons. The van der Waals surface area contributed by atoms with Crippen molar-refractivity contribution in [3.63, 3.8) is 0 Å². The maximum atomic E-state index is 3.34. The molecule has 0 aliphatic carbocycles. The summed E-state index contributed by atoms with van der Waals surface area (Å²) >= 11 is 3.34. The molecule has 0 bridgehead atoms. The van der Waals surface area contributed by atoms with E-state index in [9.17, 15) is 0 Å². The van der Waals surface area contributed by atoms with Crippen molar-refractivity contribution in [3.8, 4) is 0 Å². The van der Waals surface area contributed by atoms with Crippen molar-refractivity contribution < 1.29 is 0 Å². The summed E-state index contributed by atoms with van der Waals surface area (Å²) < 4.78 is 0. The summed E-state index contributed by atoms with van der Waals surface area (Å²) in [5, 5.41) is 0.983. The standard InChI is InChI=1S/C9H17Br/c1-9(2,3)7-5-4-6-8-10/h4,6H,5,7-8H2,1-3H3/b6-4-. The summed E-state index contributed by atoms with van der Waals surface area (Å²) in [6, 6.07) is 0. The molecule has 0 aromatic carbocycles. The van der Waals surface area contributed by atoms with Crippen molar-refractivity contribution >= 4 is 15.9 Å². The molecule has 0 saturated heterocycles. The third-order valence-corrected chi connectivity index (χ3v) is 1.69. The van der Waals surface area contributed by atoms with Crippen molar-refractivity contribution in [2.24, 2.45) is 5.41 Å². The number of rotatable bonds is 3. The first-order chi connectivity index (χ1) is 4.56. The van der Waals surface area contributed by atoms with Gasteiger partial charge in [0.1, 0.15) is 0 Å². The van der Waals surface area contributed by atoms with Gasteiger partial charge in [-0.15, -0.1) is 0 Å². The van der Waals surface area contributed by atoms with E-state index >= 15 is 0 Å². The lowest BCUT2D eigenvalue weighted by molar-refractivity contribution is 0.381. The Labute approximate surface area is 72.8 Å². The minimum Gasteiger partial charge on any atom is -0.0883 e. The SMILES string of the molecule is CC(C)(C)CC/C=C\CBr. The van der Waals surface area contributed by atoms with Crippen molar-refractivity contribution in [2.45, 2.75) is 33.6 Å². The zero-order valence-electron chi connectivity index (χ0n) is 7.15. The molecule has 0 rings (SSSR count). The van der Waals surface area contributed by atoms with E-state index in [4.69, 9.17) is 0 Å². The van der Waals surface area contributed by atoms with Crippen LogP contribution >= 0.6 is 15.9 Å². The molecule has 1 heteroatoms. The van der Waals surface area contributed by atoms with Crippen LogP contribution in [-0.2, 0) is 0 Å². The molecule has 0 aromatic heterocycles. The van der Waals surface area contributed by atoms with Crippen LogP contribution in [0.15, 0.2) is 12.2 Å². The number of hydrogen-bond acceptors (Lipinski definition) is 0. The van der Waals surface area contributed by atoms with Gasteiger partial charge in [-0.2, -0.15) is 0 Å². The second kappa shape index (κ2) is 4.95. The van der Waals surface area contributed by atoms with Crippen LogP contribution in [0.2, 0.25) is 0 Å². The predicted octanol–water partition coefficient (Wildman–Crippen LogP) is 3.76. The fourth-order valence-corrected chi connectivity index (χ4v) is 0.962. The minimum absolute atomic E-state index is 0.483. The molecule has 10 heavy (non-hydrogen) atoms. The molecule has 0 unspecified atom stereocenters. The topological polar surface area (TPSA) is 0 Å². The Balaban J connectivity index is 3.28. The van der Waals surface area contributed by atoms with Crippen LogP contribution in [0.4, 0.5) is 0 Å². The van der Waals surface area contributed by atoms with Gasteiger partial charge in [0.2, 0.25) is 0 Å². The van der Waals surface area contributed by atoms with Crippen LogP contribution in [0.25, 0.3) is 0 Å². The molecule has 0 saturated carbocycles. The van der Waals surface area contributed by atoms with Crippen molar-refractivity contribution in [2.75, 3.05) is 5.33 Å². The van der Waals surface area contributed by atoms with E-state index < -0.39 is 0 Å². The minimum atomic E-state index is 0.483. The van der Waals surface area contributed by atoms with Gasteiger partial charge in [0.25, 0.3) is 0 Å². The Kier molecular flexibility index (Phi) is 5.06. The Bertz CT molecular complexity index is 97.8. The molecule has 0 spiro atoms. The fourth-order valence-electron chi connectivity index (χ4n) is 0.697. The van der Waals surface area contributed by atoms with E-state index in [1.54, 1.807) is 0 Å². The fraction of sp³-hybridized carbons (Fsp3) is 0.778. The second-order valence-corrected chi connectivity index (χ2v) is 4.37. The van der Waals surface area contributed by atoms with Gasteiger partial charge in [-0.1, -0.05) is 48.9 Å². The maximum Gasteiger partial charge on any atom is 0.0212 e. The molecular weight excluding hydrogens is 188 g/mol. The first kappa shape index (κ1) is 10.2. The van der Waals surface area contributed by atoms with E-state index in [1.165, 1.54) is 12.8 Å². The summed E-state index contributed by atoms with van der Waals surface area (Å²) in [5.41, 5.74) is 0.483. The summed E-state index contributed by atoms with van der Waals surface area (Å²) in [6.07, 6.45) is 6.87. The zero-order valence-corrected chi connectivity index (χ0v) is 8.74. The van der Waals surface area contributed by atoms with Crippen LogP contribution in [0.5, 0.6) is 0 Å². The zero-order chi connectivity index (χ0) is 8.04. The maximum absolute atomic E-state index is 3.34. The van der Waals surface area contributed by atoms with Gasteiger partial charge in [-0.25, -0.2) is 0 Å². The van der Waals surface area contributed by atoms with Gasteiger partial charge in [-0.3, -0.25) is 0 Å². The van der Waals surface area contributed by atoms with Gasteiger partial charge in [0.05, 0.1) is 0 Å². The van der Waals surface area contributed by atoms with Gasteiger partial charge in [0, 0.05) is 5.33 Å². The molecule has 0 atom stereocenters. The lowest BCUT2D eigenvalue weighted by atomic mass is 9.91. The van der Waals surface area contributed by atoms with Gasteiger partial charge in [-0.05, 0) is 18.3 Å². The molecule has 0 radical (unpaired) electrons. The first-order valence-corrected chi connectivity index (χ1v) is 4.89. The average Bonchev–Trinajstić information content (AvgIpc) is 1.78. The number of hydrogen-bond donors (Lipinski definition) is 0. The highest BCUT2D eigenvalue weighted by Gasteiger charge is 2.06. The molecule has 0 heterocycles. The second-order valence-electron chi connectivity index (χ2n) is 3.73. The van der Waals surface area contributed by atoms with E-state index in [0.29, 0.717) is 5.41 Å². The van der Waals surface area contributed by atoms with Crippen molar-refractivity contribution in [1.82, 2.24) is 0 Å². The van der Waals surface area contributed by atoms with Crippen LogP contribution in [0.3, 0.4) is 0 Å². The third-order valence-electron chi connectivity index (χ3n) is 1.32. The summed E-state index contributed by atoms with van der Waals surface area (Å²) in [4.78, 5) is 0. The van der Waals surface area contributed by atoms with Crippen molar-refractivity contribution in [3.05, 3.63) is 12.2 Å². The predicted molar refractivity (Wildman–Crippen MR) is 51.6 cm³/mol. The highest BCUT2D eigenvalue weighted by molar-refractivity contribution is 9.09. The summed E-state index contributed by atoms with van der Waals surface area (Å²) in [6.45, 7) is 6.82. The lowest BCUT2D eigenvalue weighted by Crippen LogP contribution is -2.02. The molecule has 0 aliphatic heterocycles. The molecule has 0 amide bonds. The Morgan fingerprint density at radius 3 is 2.20 bits per heavy atom. The van der Waals surface area contributed by atoms with E-state index in [0.717, 1.165) is 5.33 Å². The third kappa shape index (κ3) is 8.22. The average molecular weight is 205 g/mol. The van der Waals surface area contributed by atoms with Gasteiger partial charge in [0.15, 0.2) is 0 Å². The summed E-state index contributed by atoms with van der Waals surface area (Å²) in [7, 11) is 0. The monoisotopic (exact) mass is 204 g/mol. The van der Waals surface area contributed by atoms with Crippen LogP contribution in [0, 0.1) is 5.41 Å². The Morgan fingerprint density at radius 2 is 1.80 bits per heavy atom. The summed E-state index contributed by atoms with van der Waals surface area (Å²) in [5.74, 6) is 0.